The van der Waals surface area contributed by atoms with Crippen molar-refractivity contribution in [2.75, 3.05) is 6.61 Å². The molecule has 0 radical (unpaired) electrons. The smallest absolute Gasteiger partial charge is 0.223 e. The largest absolute Gasteiger partial charge is 0.396 e. The highest BCUT2D eigenvalue weighted by molar-refractivity contribution is 6.34. The van der Waals surface area contributed by atoms with Gasteiger partial charge in [0.05, 0.1) is 6.04 Å². The first kappa shape index (κ1) is 21.7. The van der Waals surface area contributed by atoms with Crippen molar-refractivity contribution in [3.63, 3.8) is 0 Å². The average molecular weight is 429 g/mol. The first-order valence-corrected chi connectivity index (χ1v) is 9.59. The molecule has 2 unspecified atom stereocenters. The second kappa shape index (κ2) is 10.1. The molecule has 2 N–H and O–H groups in total. The van der Waals surface area contributed by atoms with Crippen LogP contribution in [0.4, 0.5) is 0 Å². The molecular formula is C20H20Cl3NO3. The molecule has 0 aromatic heterocycles. The highest BCUT2D eigenvalue weighted by Gasteiger charge is 2.22. The molecule has 144 valence electrons. The Bertz CT molecular complexity index is 788. The van der Waals surface area contributed by atoms with Gasteiger partial charge < -0.3 is 10.4 Å². The Balaban J connectivity index is 2.05. The summed E-state index contributed by atoms with van der Waals surface area (Å²) in [6, 6.07) is 11.1. The van der Waals surface area contributed by atoms with E-state index >= 15 is 0 Å². The minimum absolute atomic E-state index is 0.0651. The first-order chi connectivity index (χ1) is 12.8. The van der Waals surface area contributed by atoms with Crippen molar-refractivity contribution in [2.45, 2.75) is 25.8 Å². The van der Waals surface area contributed by atoms with E-state index in [0.29, 0.717) is 32.6 Å². The van der Waals surface area contributed by atoms with Crippen molar-refractivity contribution in [3.8, 4) is 0 Å². The van der Waals surface area contributed by atoms with Crippen molar-refractivity contribution < 1.29 is 14.7 Å². The van der Waals surface area contributed by atoms with E-state index in [-0.39, 0.29) is 24.7 Å². The third-order valence-corrected chi connectivity index (χ3v) is 4.82. The van der Waals surface area contributed by atoms with Crippen LogP contribution >= 0.6 is 34.8 Å². The third kappa shape index (κ3) is 6.51. The Morgan fingerprint density at radius 2 is 1.59 bits per heavy atom. The van der Waals surface area contributed by atoms with E-state index in [2.05, 4.69) is 5.32 Å². The van der Waals surface area contributed by atoms with Crippen molar-refractivity contribution in [1.82, 2.24) is 5.32 Å². The standard InChI is InChI=1S/C20H20Cl3NO3/c1-12(8-19(26)13-2-4-15(21)5-3-13)20(27)24-18(6-7-25)14-9-16(22)11-17(23)10-14/h2-5,9-12,18,25H,6-8H2,1H3,(H,24,27). The zero-order valence-electron chi connectivity index (χ0n) is 14.7. The number of hydrogen-bond acceptors (Lipinski definition) is 3. The lowest BCUT2D eigenvalue weighted by molar-refractivity contribution is -0.125. The number of Topliss-reactive ketones (excluding diaryl/α,β-unsaturated/α-hetero) is 1. The van der Waals surface area contributed by atoms with Crippen molar-refractivity contribution in [3.05, 3.63) is 68.7 Å². The maximum atomic E-state index is 12.6. The predicted molar refractivity (Wildman–Crippen MR) is 109 cm³/mol. The van der Waals surface area contributed by atoms with Gasteiger partial charge in [0, 0.05) is 39.6 Å². The number of nitrogens with one attached hydrogen (secondary N) is 1. The van der Waals surface area contributed by atoms with Crippen LogP contribution in [0.1, 0.15) is 41.7 Å². The SMILES string of the molecule is CC(CC(=O)c1ccc(Cl)cc1)C(=O)NC(CCO)c1cc(Cl)cc(Cl)c1. The number of hydrogen-bond donors (Lipinski definition) is 2. The number of halogens is 3. The molecule has 0 spiro atoms. The lowest BCUT2D eigenvalue weighted by Crippen LogP contribution is -2.34. The Morgan fingerprint density at radius 3 is 2.15 bits per heavy atom. The zero-order valence-corrected chi connectivity index (χ0v) is 17.0. The van der Waals surface area contributed by atoms with Crippen LogP contribution in [0, 0.1) is 5.92 Å². The first-order valence-electron chi connectivity index (χ1n) is 8.46. The minimum Gasteiger partial charge on any atom is -0.396 e. The summed E-state index contributed by atoms with van der Waals surface area (Å²) in [6.07, 6.45) is 0.371. The lowest BCUT2D eigenvalue weighted by Gasteiger charge is -2.21. The molecule has 0 fully saturated rings. The molecule has 27 heavy (non-hydrogen) atoms. The summed E-state index contributed by atoms with van der Waals surface area (Å²) in [4.78, 5) is 24.9. The summed E-state index contributed by atoms with van der Waals surface area (Å²) in [5, 5.41) is 13.6. The van der Waals surface area contributed by atoms with Gasteiger partial charge in [-0.15, -0.1) is 0 Å². The van der Waals surface area contributed by atoms with Gasteiger partial charge in [0.1, 0.15) is 0 Å². The number of amides is 1. The highest BCUT2D eigenvalue weighted by atomic mass is 35.5. The monoisotopic (exact) mass is 427 g/mol. The van der Waals surface area contributed by atoms with Crippen LogP contribution in [0.25, 0.3) is 0 Å². The molecule has 0 aliphatic rings. The molecule has 2 aromatic carbocycles. The Labute approximate surface area is 173 Å². The number of aliphatic hydroxyl groups excluding tert-OH is 1. The molecule has 0 aliphatic heterocycles. The average Bonchev–Trinajstić information content (AvgIpc) is 2.60. The van der Waals surface area contributed by atoms with E-state index in [1.807, 2.05) is 0 Å². The van der Waals surface area contributed by atoms with E-state index in [4.69, 9.17) is 34.8 Å². The molecule has 0 saturated heterocycles. The predicted octanol–water partition coefficient (Wildman–Crippen LogP) is 5.10. The highest BCUT2D eigenvalue weighted by Crippen LogP contribution is 2.26. The van der Waals surface area contributed by atoms with Gasteiger partial charge in [-0.25, -0.2) is 0 Å². The summed E-state index contributed by atoms with van der Waals surface area (Å²) in [6.45, 7) is 1.57. The molecule has 4 nitrogen and oxygen atoms in total. The van der Waals surface area contributed by atoms with Gasteiger partial charge in [-0.1, -0.05) is 41.7 Å². The molecule has 0 bridgehead atoms. The Kier molecular flexibility index (Phi) is 8.11. The molecule has 0 aliphatic carbocycles. The third-order valence-electron chi connectivity index (χ3n) is 4.13. The van der Waals surface area contributed by atoms with E-state index in [0.717, 1.165) is 0 Å². The van der Waals surface area contributed by atoms with E-state index < -0.39 is 12.0 Å². The zero-order chi connectivity index (χ0) is 20.0. The second-order valence-electron chi connectivity index (χ2n) is 6.31. The van der Waals surface area contributed by atoms with E-state index in [9.17, 15) is 14.7 Å². The van der Waals surface area contributed by atoms with Gasteiger partial charge >= 0.3 is 0 Å². The summed E-state index contributed by atoms with van der Waals surface area (Å²) < 4.78 is 0. The number of aliphatic hydroxyl groups is 1. The molecule has 0 heterocycles. The fraction of sp³-hybridized carbons (Fsp3) is 0.300. The van der Waals surface area contributed by atoms with Crippen LogP contribution in [0.3, 0.4) is 0 Å². The number of rotatable bonds is 8. The van der Waals surface area contributed by atoms with Crippen molar-refractivity contribution in [2.24, 2.45) is 5.92 Å². The molecule has 2 aromatic rings. The topological polar surface area (TPSA) is 66.4 Å². The quantitative estimate of drug-likeness (QED) is 0.575. The van der Waals surface area contributed by atoms with Crippen molar-refractivity contribution >= 4 is 46.5 Å². The van der Waals surface area contributed by atoms with Crippen LogP contribution in [-0.4, -0.2) is 23.4 Å². The van der Waals surface area contributed by atoms with Crippen LogP contribution in [0.2, 0.25) is 15.1 Å². The van der Waals surface area contributed by atoms with Gasteiger partial charge in [0.25, 0.3) is 0 Å². The molecular weight excluding hydrogens is 409 g/mol. The molecule has 0 saturated carbocycles. The van der Waals surface area contributed by atoms with Crippen LogP contribution in [0.5, 0.6) is 0 Å². The van der Waals surface area contributed by atoms with Gasteiger partial charge in [-0.3, -0.25) is 9.59 Å². The molecule has 1 amide bonds. The number of benzene rings is 2. The molecule has 7 heteroatoms. The Hall–Kier alpha value is -1.59. The van der Waals surface area contributed by atoms with Gasteiger partial charge in [0.15, 0.2) is 5.78 Å². The summed E-state index contributed by atoms with van der Waals surface area (Å²) in [5.74, 6) is -0.963. The summed E-state index contributed by atoms with van der Waals surface area (Å²) in [5.41, 5.74) is 1.21. The molecule has 2 rings (SSSR count). The number of ketones is 1. The second-order valence-corrected chi connectivity index (χ2v) is 7.62. The van der Waals surface area contributed by atoms with Crippen LogP contribution in [-0.2, 0) is 4.79 Å². The van der Waals surface area contributed by atoms with Crippen LogP contribution in [0.15, 0.2) is 42.5 Å². The van der Waals surface area contributed by atoms with Gasteiger partial charge in [-0.05, 0) is 54.4 Å². The normalized spacial score (nSPS) is 13.1. The number of carbonyl (C=O) groups excluding carboxylic acids is 2. The summed E-state index contributed by atoms with van der Waals surface area (Å²) >= 11 is 17.9. The van der Waals surface area contributed by atoms with E-state index in [1.165, 1.54) is 0 Å². The molecule has 2 atom stereocenters. The van der Waals surface area contributed by atoms with E-state index in [1.54, 1.807) is 49.4 Å². The van der Waals surface area contributed by atoms with Gasteiger partial charge in [-0.2, -0.15) is 0 Å². The lowest BCUT2D eigenvalue weighted by atomic mass is 9.97. The minimum atomic E-state index is -0.538. The van der Waals surface area contributed by atoms with Gasteiger partial charge in [0.2, 0.25) is 5.91 Å². The van der Waals surface area contributed by atoms with Crippen molar-refractivity contribution in [1.29, 1.82) is 0 Å². The fourth-order valence-electron chi connectivity index (χ4n) is 2.67. The maximum Gasteiger partial charge on any atom is 0.223 e. The van der Waals surface area contributed by atoms with Crippen LogP contribution < -0.4 is 5.32 Å². The Morgan fingerprint density at radius 1 is 1.00 bits per heavy atom. The maximum absolute atomic E-state index is 12.6. The summed E-state index contributed by atoms with van der Waals surface area (Å²) in [7, 11) is 0. The fourth-order valence-corrected chi connectivity index (χ4v) is 3.33. The number of carbonyl (C=O) groups is 2.